The molecule has 3 aromatic rings. The Morgan fingerprint density at radius 2 is 1.72 bits per heavy atom. The van der Waals surface area contributed by atoms with Gasteiger partial charge in [-0.2, -0.15) is 0 Å². The fraction of sp³-hybridized carbons (Fsp3) is 0.130. The van der Waals surface area contributed by atoms with Crippen LogP contribution in [0.15, 0.2) is 72.8 Å². The summed E-state index contributed by atoms with van der Waals surface area (Å²) in [6.07, 6.45) is -1.10. The fourth-order valence-corrected chi connectivity index (χ4v) is 3.35. The van der Waals surface area contributed by atoms with Gasteiger partial charge in [0.05, 0.1) is 18.4 Å². The van der Waals surface area contributed by atoms with Gasteiger partial charge in [0.2, 0.25) is 6.10 Å². The Hall–Kier alpha value is -2.87. The number of methoxy groups -OCH3 is 1. The Balaban J connectivity index is 1.89. The van der Waals surface area contributed by atoms with E-state index in [4.69, 9.17) is 9.47 Å². The maximum absolute atomic E-state index is 13.1. The molecule has 0 saturated carbocycles. The van der Waals surface area contributed by atoms with E-state index >= 15 is 0 Å². The zero-order valence-corrected chi connectivity index (χ0v) is 18.2. The molecule has 1 N–H and O–H groups in total. The Kier molecular flexibility index (Phi) is 6.87. The van der Waals surface area contributed by atoms with Crippen molar-refractivity contribution in [3.05, 3.63) is 93.1 Å². The van der Waals surface area contributed by atoms with E-state index in [9.17, 15) is 9.59 Å². The second-order valence-corrected chi connectivity index (χ2v) is 7.65. The first-order chi connectivity index (χ1) is 14.0. The molecule has 0 aliphatic rings. The van der Waals surface area contributed by atoms with E-state index in [1.165, 1.54) is 7.11 Å². The van der Waals surface area contributed by atoms with Gasteiger partial charge >= 0.3 is 5.97 Å². The molecule has 3 rings (SSSR count). The van der Waals surface area contributed by atoms with Gasteiger partial charge in [-0.3, -0.25) is 4.79 Å². The number of nitrogens with one attached hydrogen (secondary N) is 1. The average molecular weight is 501 g/mol. The lowest BCUT2D eigenvalue weighted by Gasteiger charge is -2.19. The largest absolute Gasteiger partial charge is 0.495 e. The van der Waals surface area contributed by atoms with Crippen LogP contribution in [0.25, 0.3) is 0 Å². The summed E-state index contributed by atoms with van der Waals surface area (Å²) in [4.78, 5) is 25.8. The molecule has 29 heavy (non-hydrogen) atoms. The molecule has 1 atom stereocenters. The molecule has 0 saturated heterocycles. The molecule has 0 unspecified atom stereocenters. The van der Waals surface area contributed by atoms with Gasteiger partial charge in [0, 0.05) is 9.13 Å². The summed E-state index contributed by atoms with van der Waals surface area (Å²) < 4.78 is 11.9. The monoisotopic (exact) mass is 501 g/mol. The number of amides is 1. The van der Waals surface area contributed by atoms with Crippen molar-refractivity contribution in [2.45, 2.75) is 13.0 Å². The molecule has 1 amide bonds. The van der Waals surface area contributed by atoms with E-state index in [-0.39, 0.29) is 0 Å². The number of carbonyl (C=O) groups is 2. The van der Waals surface area contributed by atoms with Crippen LogP contribution < -0.4 is 10.1 Å². The molecule has 5 nitrogen and oxygen atoms in total. The summed E-state index contributed by atoms with van der Waals surface area (Å²) in [6, 6.07) is 21.4. The predicted octanol–water partition coefficient (Wildman–Crippen LogP) is 5.15. The van der Waals surface area contributed by atoms with Crippen LogP contribution in [0, 0.1) is 10.5 Å². The lowest BCUT2D eigenvalue weighted by atomic mass is 10.1. The van der Waals surface area contributed by atoms with Crippen LogP contribution in [0.5, 0.6) is 5.75 Å². The molecule has 148 valence electrons. The van der Waals surface area contributed by atoms with Crippen LogP contribution in [-0.4, -0.2) is 19.0 Å². The van der Waals surface area contributed by atoms with E-state index in [0.29, 0.717) is 22.6 Å². The van der Waals surface area contributed by atoms with Crippen molar-refractivity contribution in [1.29, 1.82) is 0 Å². The molecular formula is C23H20INO4. The van der Waals surface area contributed by atoms with E-state index in [2.05, 4.69) is 27.9 Å². The quantitative estimate of drug-likeness (QED) is 0.375. The van der Waals surface area contributed by atoms with Gasteiger partial charge in [-0.1, -0.05) is 42.5 Å². The Bertz CT molecular complexity index is 1020. The van der Waals surface area contributed by atoms with Crippen molar-refractivity contribution in [3.63, 3.8) is 0 Å². The molecule has 0 aromatic heterocycles. The number of carbonyl (C=O) groups excluding carboxylic acids is 2. The summed E-state index contributed by atoms with van der Waals surface area (Å²) in [5.74, 6) is -0.498. The third kappa shape index (κ3) is 5.35. The number of ether oxygens (including phenoxy) is 2. The second kappa shape index (κ2) is 9.56. The molecule has 6 heteroatoms. The summed E-state index contributed by atoms with van der Waals surface area (Å²) in [6.45, 7) is 1.92. The van der Waals surface area contributed by atoms with Gasteiger partial charge in [-0.05, 0) is 65.4 Å². The van der Waals surface area contributed by atoms with E-state index < -0.39 is 18.0 Å². The normalized spacial score (nSPS) is 11.4. The summed E-state index contributed by atoms with van der Waals surface area (Å²) in [5.41, 5.74) is 2.45. The van der Waals surface area contributed by atoms with Crippen LogP contribution in [0.4, 0.5) is 5.69 Å². The molecule has 0 bridgehead atoms. The molecule has 0 aliphatic carbocycles. The Labute approximate surface area is 183 Å². The van der Waals surface area contributed by atoms with Crippen LogP contribution >= 0.6 is 22.6 Å². The zero-order valence-electron chi connectivity index (χ0n) is 16.0. The van der Waals surface area contributed by atoms with Crippen molar-refractivity contribution in [2.24, 2.45) is 0 Å². The minimum Gasteiger partial charge on any atom is -0.495 e. The minimum atomic E-state index is -1.10. The maximum Gasteiger partial charge on any atom is 0.339 e. The minimum absolute atomic E-state index is 0.388. The highest BCUT2D eigenvalue weighted by Gasteiger charge is 2.26. The van der Waals surface area contributed by atoms with E-state index in [1.54, 1.807) is 54.6 Å². The predicted molar refractivity (Wildman–Crippen MR) is 120 cm³/mol. The first-order valence-corrected chi connectivity index (χ1v) is 10.0. The molecule has 0 aliphatic heterocycles. The number of aryl methyl sites for hydroxylation is 1. The van der Waals surface area contributed by atoms with Gasteiger partial charge in [0.1, 0.15) is 5.75 Å². The number of benzene rings is 3. The number of hydrogen-bond donors (Lipinski definition) is 1. The lowest BCUT2D eigenvalue weighted by molar-refractivity contribution is -0.125. The highest BCUT2D eigenvalue weighted by Crippen LogP contribution is 2.28. The van der Waals surface area contributed by atoms with Crippen LogP contribution in [0.2, 0.25) is 0 Å². The summed E-state index contributed by atoms with van der Waals surface area (Å²) in [5, 5.41) is 2.83. The number of esters is 1. The zero-order chi connectivity index (χ0) is 20.8. The fourth-order valence-electron chi connectivity index (χ4n) is 2.81. The number of anilines is 1. The number of halogens is 1. The van der Waals surface area contributed by atoms with Crippen molar-refractivity contribution in [2.75, 3.05) is 12.4 Å². The first kappa shape index (κ1) is 20.9. The van der Waals surface area contributed by atoms with Crippen molar-refractivity contribution in [1.82, 2.24) is 0 Å². The topological polar surface area (TPSA) is 64.6 Å². The molecule has 0 spiro atoms. The average Bonchev–Trinajstić information content (AvgIpc) is 2.72. The Morgan fingerprint density at radius 1 is 0.966 bits per heavy atom. The smallest absolute Gasteiger partial charge is 0.339 e. The van der Waals surface area contributed by atoms with Gasteiger partial charge in [0.25, 0.3) is 5.91 Å². The van der Waals surface area contributed by atoms with E-state index in [0.717, 1.165) is 9.13 Å². The number of rotatable bonds is 6. The van der Waals surface area contributed by atoms with Crippen molar-refractivity contribution in [3.8, 4) is 5.75 Å². The second-order valence-electron chi connectivity index (χ2n) is 6.40. The highest BCUT2D eigenvalue weighted by molar-refractivity contribution is 14.1. The first-order valence-electron chi connectivity index (χ1n) is 8.95. The molecule has 0 fully saturated rings. The molecule has 0 heterocycles. The lowest BCUT2D eigenvalue weighted by Crippen LogP contribution is -2.26. The van der Waals surface area contributed by atoms with E-state index in [1.807, 2.05) is 25.1 Å². The highest BCUT2D eigenvalue weighted by atomic mass is 127. The van der Waals surface area contributed by atoms with Crippen molar-refractivity contribution < 1.29 is 19.1 Å². The third-order valence-electron chi connectivity index (χ3n) is 4.24. The number of hydrogen-bond acceptors (Lipinski definition) is 4. The van der Waals surface area contributed by atoms with Crippen LogP contribution in [0.3, 0.4) is 0 Å². The standard InChI is InChI=1S/C23H20INO4/c1-15-11-12-20(28-2)19(13-15)25-22(26)21(16-7-4-3-5-8-16)29-23(27)17-9-6-10-18(24)14-17/h3-14,21H,1-2H3,(H,25,26)/t21-/m1/s1. The molecule has 0 radical (unpaired) electrons. The Morgan fingerprint density at radius 3 is 2.41 bits per heavy atom. The van der Waals surface area contributed by atoms with Crippen molar-refractivity contribution >= 4 is 40.2 Å². The van der Waals surface area contributed by atoms with Crippen LogP contribution in [0.1, 0.15) is 27.6 Å². The summed E-state index contributed by atoms with van der Waals surface area (Å²) in [7, 11) is 1.53. The van der Waals surface area contributed by atoms with Gasteiger partial charge in [-0.15, -0.1) is 0 Å². The summed E-state index contributed by atoms with van der Waals surface area (Å²) >= 11 is 2.12. The third-order valence-corrected chi connectivity index (χ3v) is 4.91. The molecule has 3 aromatic carbocycles. The van der Waals surface area contributed by atoms with Gasteiger partial charge in [0.15, 0.2) is 0 Å². The van der Waals surface area contributed by atoms with Gasteiger partial charge in [-0.25, -0.2) is 4.79 Å². The van der Waals surface area contributed by atoms with Gasteiger partial charge < -0.3 is 14.8 Å². The maximum atomic E-state index is 13.1. The SMILES string of the molecule is COc1ccc(C)cc1NC(=O)[C@H](OC(=O)c1cccc(I)c1)c1ccccc1. The molecular weight excluding hydrogens is 481 g/mol. The van der Waals surface area contributed by atoms with Crippen LogP contribution in [-0.2, 0) is 9.53 Å².